The largest absolute Gasteiger partial charge is 0.631 e. The quantitative estimate of drug-likeness (QED) is 0.217. The summed E-state index contributed by atoms with van der Waals surface area (Å²) in [5, 5.41) is 30.7. The minimum Gasteiger partial charge on any atom is -0.476 e. The molecule has 1 aliphatic heterocycles. The van der Waals surface area contributed by atoms with E-state index in [1.807, 2.05) is 0 Å². The van der Waals surface area contributed by atoms with Crippen LogP contribution >= 0.6 is 0 Å². The number of carboxylic acids is 1. The maximum atomic E-state index is 13.8. The Morgan fingerprint density at radius 1 is 1.09 bits per heavy atom. The van der Waals surface area contributed by atoms with Gasteiger partial charge in [0.15, 0.2) is 17.3 Å². The van der Waals surface area contributed by atoms with Gasteiger partial charge in [-0.1, -0.05) is 0 Å². The lowest BCUT2D eigenvalue weighted by Crippen LogP contribution is -2.42. The molecule has 3 rings (SSSR count). The zero-order valence-corrected chi connectivity index (χ0v) is 17.6. The van der Waals surface area contributed by atoms with Crippen LogP contribution in [0.25, 0.3) is 0 Å². The molecule has 0 saturated heterocycles. The molecule has 192 valence electrons. The average Bonchev–Trinajstić information content (AvgIpc) is 3.11. The molecule has 0 unspecified atom stereocenters. The smallest absolute Gasteiger partial charge is 0.476 e. The van der Waals surface area contributed by atoms with Crippen molar-refractivity contribution in [2.45, 2.75) is 38.1 Å². The first-order chi connectivity index (χ1) is 16.1. The highest BCUT2D eigenvalue weighted by Crippen LogP contribution is 2.32. The highest BCUT2D eigenvalue weighted by atomic mass is 19.4. The number of hydrogen-bond acceptors (Lipinski definition) is 7. The number of alkyl halides is 3. The molecule has 2 aromatic rings. The van der Waals surface area contributed by atoms with Gasteiger partial charge in [-0.15, -0.1) is 0 Å². The van der Waals surface area contributed by atoms with Crippen molar-refractivity contribution in [2.75, 3.05) is 6.54 Å². The van der Waals surface area contributed by atoms with E-state index in [1.54, 1.807) is 0 Å². The van der Waals surface area contributed by atoms with E-state index in [0.29, 0.717) is 16.7 Å². The Morgan fingerprint density at radius 3 is 2.20 bits per heavy atom. The van der Waals surface area contributed by atoms with E-state index < -0.39 is 66.9 Å². The lowest BCUT2D eigenvalue weighted by molar-refractivity contribution is -0.148. The molecule has 1 amide bonds. The molecule has 1 atom stereocenters. The zero-order chi connectivity index (χ0) is 26.7. The molecule has 17 heteroatoms. The zero-order valence-electron chi connectivity index (χ0n) is 17.6. The number of carbonyl (C=O) groups is 2. The third-order valence-electron chi connectivity index (χ3n) is 4.82. The Labute approximate surface area is 193 Å². The van der Waals surface area contributed by atoms with Crippen molar-refractivity contribution in [3.05, 3.63) is 52.4 Å². The minimum absolute atomic E-state index is 0.156. The van der Waals surface area contributed by atoms with Crippen LogP contribution in [0.3, 0.4) is 0 Å². The van der Waals surface area contributed by atoms with Gasteiger partial charge in [-0.05, 0) is 18.1 Å². The number of aromatic carboxylic acids is 1. The molecule has 0 bridgehead atoms. The maximum Gasteiger partial charge on any atom is 0.631 e. The third kappa shape index (κ3) is 7.17. The van der Waals surface area contributed by atoms with Crippen molar-refractivity contribution in [3.63, 3.8) is 0 Å². The van der Waals surface area contributed by atoms with Gasteiger partial charge in [0.25, 0.3) is 0 Å². The molecular formula is C18H19BF6N4O6. The van der Waals surface area contributed by atoms with E-state index in [0.717, 1.165) is 4.90 Å². The van der Waals surface area contributed by atoms with Gasteiger partial charge in [-0.3, -0.25) is 4.79 Å². The number of amides is 1. The first kappa shape index (κ1) is 28.1. The molecule has 2 heterocycles. The van der Waals surface area contributed by atoms with Crippen LogP contribution in [0, 0.1) is 17.5 Å². The highest BCUT2D eigenvalue weighted by molar-refractivity contribution is 6.30. The predicted octanol–water partition coefficient (Wildman–Crippen LogP) is 0.268. The number of nitrogens with two attached hydrogens (primary N) is 1. The monoisotopic (exact) mass is 512 g/mol. The SMILES string of the molecule is N[C@@H](CC(=O)N1CCn2c(C(F)(F)F)nc(C(=O)O)c2C1)Cc1cc(F)c(F)cc1F.OB(O)O. The van der Waals surface area contributed by atoms with Gasteiger partial charge in [-0.2, -0.15) is 13.2 Å². The number of halogens is 6. The van der Waals surface area contributed by atoms with Crippen molar-refractivity contribution < 1.29 is 56.1 Å². The Bertz CT molecular complexity index is 1090. The number of aromatic nitrogens is 2. The van der Waals surface area contributed by atoms with Crippen LogP contribution in [0.5, 0.6) is 0 Å². The first-order valence-corrected chi connectivity index (χ1v) is 9.72. The molecule has 35 heavy (non-hydrogen) atoms. The number of imidazole rings is 1. The van der Waals surface area contributed by atoms with Crippen LogP contribution in [-0.2, 0) is 30.5 Å². The van der Waals surface area contributed by atoms with Crippen molar-refractivity contribution >= 4 is 19.2 Å². The summed E-state index contributed by atoms with van der Waals surface area (Å²) >= 11 is 0. The molecule has 0 saturated carbocycles. The van der Waals surface area contributed by atoms with E-state index in [1.165, 1.54) is 0 Å². The normalized spacial score (nSPS) is 14.1. The van der Waals surface area contributed by atoms with Gasteiger partial charge in [0.05, 0.1) is 12.2 Å². The van der Waals surface area contributed by atoms with E-state index in [-0.39, 0.29) is 37.2 Å². The fourth-order valence-corrected chi connectivity index (χ4v) is 3.40. The maximum absolute atomic E-state index is 13.8. The molecule has 1 aromatic heterocycles. The summed E-state index contributed by atoms with van der Waals surface area (Å²) in [5.74, 6) is -7.33. The van der Waals surface area contributed by atoms with Crippen molar-refractivity contribution in [1.82, 2.24) is 14.5 Å². The Kier molecular flexibility index (Phi) is 8.88. The van der Waals surface area contributed by atoms with Crippen molar-refractivity contribution in [1.29, 1.82) is 0 Å². The summed E-state index contributed by atoms with van der Waals surface area (Å²) in [5.41, 5.74) is 4.49. The summed E-state index contributed by atoms with van der Waals surface area (Å²) < 4.78 is 80.1. The molecule has 0 spiro atoms. The third-order valence-corrected chi connectivity index (χ3v) is 4.82. The summed E-state index contributed by atoms with van der Waals surface area (Å²) in [6, 6.07) is -0.00786. The van der Waals surface area contributed by atoms with E-state index >= 15 is 0 Å². The number of carbonyl (C=O) groups excluding carboxylic acids is 1. The van der Waals surface area contributed by atoms with E-state index in [9.17, 15) is 35.9 Å². The topological polar surface area (TPSA) is 162 Å². The fraction of sp³-hybridized carbons (Fsp3) is 0.389. The number of rotatable bonds is 5. The standard InChI is InChI=1S/C18H16F6N4O3.BH3O3/c19-10-6-12(21)11(20)4-8(10)3-9(25)5-14(29)27-1-2-28-13(7-27)15(16(30)31)26-17(28)18(22,23)24;2-1(3)4/h4,6,9H,1-3,5,7,25H2,(H,30,31);2-4H/t9-;/m1./s1. The molecule has 0 aliphatic carbocycles. The molecular weight excluding hydrogens is 493 g/mol. The minimum atomic E-state index is -4.87. The molecule has 0 radical (unpaired) electrons. The van der Waals surface area contributed by atoms with E-state index in [4.69, 9.17) is 25.9 Å². The van der Waals surface area contributed by atoms with Crippen LogP contribution in [0.4, 0.5) is 26.3 Å². The Hall–Kier alpha value is -3.15. The number of nitrogens with zero attached hydrogens (tertiary/aromatic N) is 3. The van der Waals surface area contributed by atoms with Crippen molar-refractivity contribution in [3.8, 4) is 0 Å². The number of fused-ring (bicyclic) bond motifs is 1. The molecule has 10 nitrogen and oxygen atoms in total. The molecule has 1 aromatic carbocycles. The van der Waals surface area contributed by atoms with Gasteiger partial charge < -0.3 is 35.4 Å². The van der Waals surface area contributed by atoms with Crippen LogP contribution in [0.2, 0.25) is 0 Å². The van der Waals surface area contributed by atoms with Gasteiger partial charge in [0.1, 0.15) is 5.82 Å². The van der Waals surface area contributed by atoms with Crippen LogP contribution in [0.1, 0.15) is 34.0 Å². The number of carboxylic acid groups (broad SMARTS) is 1. The van der Waals surface area contributed by atoms with Gasteiger partial charge >= 0.3 is 19.5 Å². The highest BCUT2D eigenvalue weighted by Gasteiger charge is 2.41. The van der Waals surface area contributed by atoms with Gasteiger partial charge in [0.2, 0.25) is 11.7 Å². The van der Waals surface area contributed by atoms with Gasteiger partial charge in [-0.25, -0.2) is 22.9 Å². The van der Waals surface area contributed by atoms with Crippen LogP contribution < -0.4 is 5.73 Å². The molecule has 1 aliphatic rings. The molecule has 0 fully saturated rings. The summed E-state index contributed by atoms with van der Waals surface area (Å²) in [6.45, 7) is -0.921. The average molecular weight is 512 g/mol. The van der Waals surface area contributed by atoms with Crippen LogP contribution in [0.15, 0.2) is 12.1 Å². The molecule has 6 N–H and O–H groups in total. The second-order valence-electron chi connectivity index (χ2n) is 7.37. The van der Waals surface area contributed by atoms with Crippen LogP contribution in [-0.4, -0.2) is 66.4 Å². The number of benzene rings is 1. The fourth-order valence-electron chi connectivity index (χ4n) is 3.40. The predicted molar refractivity (Wildman–Crippen MR) is 105 cm³/mol. The first-order valence-electron chi connectivity index (χ1n) is 9.72. The lowest BCUT2D eigenvalue weighted by atomic mass is 10.0. The Morgan fingerprint density at radius 2 is 1.66 bits per heavy atom. The lowest BCUT2D eigenvalue weighted by Gasteiger charge is -2.30. The second kappa shape index (κ2) is 11.1. The Balaban J connectivity index is 0.00000100. The summed E-state index contributed by atoms with van der Waals surface area (Å²) in [7, 11) is -2.17. The van der Waals surface area contributed by atoms with E-state index in [2.05, 4.69) is 4.98 Å². The summed E-state index contributed by atoms with van der Waals surface area (Å²) in [4.78, 5) is 28.1. The second-order valence-corrected chi connectivity index (χ2v) is 7.37. The summed E-state index contributed by atoms with van der Waals surface area (Å²) in [6.07, 6.45) is -5.54. The number of hydrogen-bond donors (Lipinski definition) is 5. The van der Waals surface area contributed by atoms with Crippen molar-refractivity contribution in [2.24, 2.45) is 5.73 Å². The van der Waals surface area contributed by atoms with Gasteiger partial charge in [0, 0.05) is 31.6 Å².